The summed E-state index contributed by atoms with van der Waals surface area (Å²) < 4.78 is 40.4. The van der Waals surface area contributed by atoms with E-state index < -0.39 is 35.9 Å². The maximum Gasteiger partial charge on any atom is 0.217 e. The Kier molecular flexibility index (Phi) is 8.39. The summed E-state index contributed by atoms with van der Waals surface area (Å²) in [6.07, 6.45) is -0.243. The fourth-order valence-corrected chi connectivity index (χ4v) is 3.94. The summed E-state index contributed by atoms with van der Waals surface area (Å²) in [5.41, 5.74) is 0.758. The SMILES string of the molecule is CCN(C[C@@H](OP(=O)([O-])[O-])[C@H](Cc1ccccc1)NC(C)=O)S(C)(=O)=O. The molecule has 0 unspecified atom stereocenters. The lowest BCUT2D eigenvalue weighted by atomic mass is 10.0. The Hall–Kier alpha value is -1.29. The predicted octanol–water partition coefficient (Wildman–Crippen LogP) is -0.771. The highest BCUT2D eigenvalue weighted by atomic mass is 32.2. The number of hydrogen-bond donors (Lipinski definition) is 1. The first-order chi connectivity index (χ1) is 11.9. The number of phosphoric acid groups is 1. The molecular weight excluding hydrogens is 383 g/mol. The molecule has 0 bridgehead atoms. The highest BCUT2D eigenvalue weighted by molar-refractivity contribution is 7.88. The molecule has 0 aliphatic heterocycles. The Balaban J connectivity index is 3.18. The van der Waals surface area contributed by atoms with Gasteiger partial charge in [0.1, 0.15) is 0 Å². The van der Waals surface area contributed by atoms with Gasteiger partial charge < -0.3 is 24.2 Å². The van der Waals surface area contributed by atoms with E-state index in [0.29, 0.717) is 0 Å². The van der Waals surface area contributed by atoms with Crippen molar-refractivity contribution < 1.29 is 32.1 Å². The largest absolute Gasteiger partial charge is 0.790 e. The van der Waals surface area contributed by atoms with Crippen molar-refractivity contribution in [1.29, 1.82) is 0 Å². The highest BCUT2D eigenvalue weighted by Crippen LogP contribution is 2.30. The third-order valence-corrected chi connectivity index (χ3v) is 5.48. The zero-order chi connectivity index (χ0) is 20.0. The normalized spacial score (nSPS) is 14.8. The molecule has 1 aromatic rings. The molecule has 11 heteroatoms. The number of nitrogens with one attached hydrogen (secondary N) is 1. The zero-order valence-electron chi connectivity index (χ0n) is 14.8. The summed E-state index contributed by atoms with van der Waals surface area (Å²) in [6.45, 7) is 2.47. The predicted molar refractivity (Wildman–Crippen MR) is 92.3 cm³/mol. The quantitative estimate of drug-likeness (QED) is 0.503. The third-order valence-electron chi connectivity index (χ3n) is 3.61. The second kappa shape index (κ2) is 9.59. The van der Waals surface area contributed by atoms with Gasteiger partial charge in [-0.25, -0.2) is 8.42 Å². The van der Waals surface area contributed by atoms with Gasteiger partial charge in [-0.3, -0.25) is 4.79 Å². The minimum absolute atomic E-state index is 0.0544. The molecule has 0 spiro atoms. The van der Waals surface area contributed by atoms with Crippen LogP contribution in [0.5, 0.6) is 0 Å². The van der Waals surface area contributed by atoms with E-state index in [9.17, 15) is 27.6 Å². The van der Waals surface area contributed by atoms with Crippen LogP contribution < -0.4 is 15.1 Å². The van der Waals surface area contributed by atoms with Crippen LogP contribution >= 0.6 is 7.82 Å². The van der Waals surface area contributed by atoms with Crippen molar-refractivity contribution in [2.45, 2.75) is 32.4 Å². The highest BCUT2D eigenvalue weighted by Gasteiger charge is 2.29. The average Bonchev–Trinajstić information content (AvgIpc) is 2.49. The van der Waals surface area contributed by atoms with Crippen LogP contribution in [0.25, 0.3) is 0 Å². The molecule has 0 aliphatic carbocycles. The molecule has 26 heavy (non-hydrogen) atoms. The van der Waals surface area contributed by atoms with E-state index in [0.717, 1.165) is 16.1 Å². The van der Waals surface area contributed by atoms with Crippen molar-refractivity contribution in [3.8, 4) is 0 Å². The number of benzene rings is 1. The van der Waals surface area contributed by atoms with E-state index >= 15 is 0 Å². The van der Waals surface area contributed by atoms with Crippen molar-refractivity contribution in [3.63, 3.8) is 0 Å². The Labute approximate surface area is 153 Å². The first kappa shape index (κ1) is 22.8. The molecule has 1 N–H and O–H groups in total. The van der Waals surface area contributed by atoms with E-state index in [1.54, 1.807) is 37.3 Å². The molecule has 0 aromatic heterocycles. The number of nitrogens with zero attached hydrogens (tertiary/aromatic N) is 1. The fraction of sp³-hybridized carbons (Fsp3) is 0.533. The minimum atomic E-state index is -5.42. The van der Waals surface area contributed by atoms with Gasteiger partial charge >= 0.3 is 0 Å². The van der Waals surface area contributed by atoms with E-state index in [1.807, 2.05) is 0 Å². The Morgan fingerprint density at radius 2 is 1.88 bits per heavy atom. The number of amides is 1. The Morgan fingerprint density at radius 3 is 2.31 bits per heavy atom. The fourth-order valence-electron chi connectivity index (χ4n) is 2.50. The van der Waals surface area contributed by atoms with Crippen LogP contribution in [0.15, 0.2) is 30.3 Å². The van der Waals surface area contributed by atoms with Gasteiger partial charge in [-0.1, -0.05) is 37.3 Å². The van der Waals surface area contributed by atoms with Gasteiger partial charge in [0.15, 0.2) is 0 Å². The summed E-state index contributed by atoms with van der Waals surface area (Å²) in [7, 11) is -9.07. The Morgan fingerprint density at radius 1 is 1.31 bits per heavy atom. The zero-order valence-corrected chi connectivity index (χ0v) is 16.5. The number of carbonyl (C=O) groups is 1. The average molecular weight is 406 g/mol. The molecule has 148 valence electrons. The van der Waals surface area contributed by atoms with Crippen molar-refractivity contribution in [2.24, 2.45) is 0 Å². The topological polar surface area (TPSA) is 139 Å². The summed E-state index contributed by atoms with van der Waals surface area (Å²) in [5.74, 6) is -0.464. The van der Waals surface area contributed by atoms with Crippen LogP contribution in [0, 0.1) is 0 Å². The van der Waals surface area contributed by atoms with Gasteiger partial charge in [0.2, 0.25) is 15.9 Å². The second-order valence-corrected chi connectivity index (χ2v) is 8.89. The number of hydrogen-bond acceptors (Lipinski definition) is 7. The molecule has 0 saturated heterocycles. The number of rotatable bonds is 10. The molecule has 1 aromatic carbocycles. The molecule has 0 radical (unpaired) electrons. The van der Waals surface area contributed by atoms with E-state index in [-0.39, 0.29) is 19.5 Å². The Bertz CT molecular complexity index is 736. The molecule has 0 fully saturated rings. The van der Waals surface area contributed by atoms with E-state index in [2.05, 4.69) is 9.84 Å². The molecule has 1 amide bonds. The van der Waals surface area contributed by atoms with Gasteiger partial charge in [0, 0.05) is 20.0 Å². The van der Waals surface area contributed by atoms with Crippen molar-refractivity contribution in [1.82, 2.24) is 9.62 Å². The van der Waals surface area contributed by atoms with Gasteiger partial charge in [0.05, 0.1) is 26.2 Å². The van der Waals surface area contributed by atoms with Crippen LogP contribution in [-0.4, -0.2) is 50.1 Å². The second-order valence-electron chi connectivity index (χ2n) is 5.80. The number of phosphoric ester groups is 1. The van der Waals surface area contributed by atoms with Gasteiger partial charge in [-0.15, -0.1) is 0 Å². The number of carbonyl (C=O) groups excluding carboxylic acids is 1. The van der Waals surface area contributed by atoms with Crippen molar-refractivity contribution in [3.05, 3.63) is 35.9 Å². The number of sulfonamides is 1. The molecule has 0 saturated carbocycles. The van der Waals surface area contributed by atoms with E-state index in [1.165, 1.54) is 6.92 Å². The van der Waals surface area contributed by atoms with Gasteiger partial charge in [-0.05, 0) is 12.0 Å². The molecule has 2 atom stereocenters. The molecule has 9 nitrogen and oxygen atoms in total. The van der Waals surface area contributed by atoms with Crippen molar-refractivity contribution in [2.75, 3.05) is 19.3 Å². The third kappa shape index (κ3) is 8.39. The molecule has 1 rings (SSSR count). The van der Waals surface area contributed by atoms with Crippen LogP contribution in [0.1, 0.15) is 19.4 Å². The standard InChI is InChI=1S/C15H25N2O7PS/c1-4-17(26(3,22)23)11-15(24-25(19,20)21)14(16-12(2)18)10-13-8-6-5-7-9-13/h5-9,14-15H,4,10-11H2,1-3H3,(H,16,18)(H2,19,20,21)/p-2/t14-,15+/m0/s1. The summed E-state index contributed by atoms with van der Waals surface area (Å²) in [5, 5.41) is 2.55. The smallest absolute Gasteiger partial charge is 0.217 e. The molecular formula is C15H23N2O7PS-2. The van der Waals surface area contributed by atoms with Crippen LogP contribution in [-0.2, 0) is 30.3 Å². The van der Waals surface area contributed by atoms with Gasteiger partial charge in [0.25, 0.3) is 0 Å². The minimum Gasteiger partial charge on any atom is -0.790 e. The molecule has 0 heterocycles. The van der Waals surface area contributed by atoms with Crippen LogP contribution in [0.4, 0.5) is 0 Å². The van der Waals surface area contributed by atoms with Crippen LogP contribution in [0.3, 0.4) is 0 Å². The monoisotopic (exact) mass is 406 g/mol. The first-order valence-electron chi connectivity index (χ1n) is 7.89. The molecule has 0 aliphatic rings. The summed E-state index contributed by atoms with van der Waals surface area (Å²) in [4.78, 5) is 33.9. The van der Waals surface area contributed by atoms with Gasteiger partial charge in [-0.2, -0.15) is 4.31 Å². The van der Waals surface area contributed by atoms with Crippen molar-refractivity contribution >= 4 is 23.8 Å². The number of likely N-dealkylation sites (N-methyl/N-ethyl adjacent to an activating group) is 1. The first-order valence-corrected chi connectivity index (χ1v) is 11.2. The lowest BCUT2D eigenvalue weighted by Crippen LogP contribution is -2.51. The maximum absolute atomic E-state index is 11.8. The lowest BCUT2D eigenvalue weighted by Gasteiger charge is -2.38. The van der Waals surface area contributed by atoms with E-state index in [4.69, 9.17) is 0 Å². The lowest BCUT2D eigenvalue weighted by molar-refractivity contribution is -0.345. The summed E-state index contributed by atoms with van der Waals surface area (Å²) >= 11 is 0. The summed E-state index contributed by atoms with van der Waals surface area (Å²) in [6, 6.07) is 7.91. The van der Waals surface area contributed by atoms with Crippen LogP contribution in [0.2, 0.25) is 0 Å². The maximum atomic E-state index is 11.8.